The second kappa shape index (κ2) is 11.1. The van der Waals surface area contributed by atoms with Crippen LogP contribution in [0.4, 0.5) is 0 Å². The molecule has 1 spiro atoms. The summed E-state index contributed by atoms with van der Waals surface area (Å²) in [5, 5.41) is 9.11. The Morgan fingerprint density at radius 2 is 1.61 bits per heavy atom. The zero-order valence-electron chi connectivity index (χ0n) is 22.2. The molecule has 0 aromatic carbocycles. The number of rotatable bonds is 11. The summed E-state index contributed by atoms with van der Waals surface area (Å²) in [6, 6.07) is -0.768. The molecule has 0 radical (unpaired) electrons. The minimum absolute atomic E-state index is 0.0743. The van der Waals surface area contributed by atoms with E-state index in [0.717, 1.165) is 44.9 Å². The molecule has 2 fully saturated rings. The van der Waals surface area contributed by atoms with Gasteiger partial charge in [0.15, 0.2) is 0 Å². The lowest BCUT2D eigenvalue weighted by Crippen LogP contribution is -2.56. The third kappa shape index (κ3) is 4.40. The molecule has 3 amide bonds. The van der Waals surface area contributed by atoms with Crippen LogP contribution in [0, 0.1) is 11.8 Å². The predicted molar refractivity (Wildman–Crippen MR) is 137 cm³/mol. The summed E-state index contributed by atoms with van der Waals surface area (Å²) in [6.07, 6.45) is 14.6. The first kappa shape index (κ1) is 26.9. The molecule has 0 bridgehead atoms. The van der Waals surface area contributed by atoms with E-state index in [0.29, 0.717) is 32.6 Å². The number of unbranched alkanes of at least 4 members (excludes halogenated alkanes) is 5. The van der Waals surface area contributed by atoms with E-state index in [-0.39, 0.29) is 24.3 Å². The van der Waals surface area contributed by atoms with Crippen molar-refractivity contribution in [3.63, 3.8) is 0 Å². The molecule has 4 aliphatic rings. The van der Waals surface area contributed by atoms with E-state index < -0.39 is 29.1 Å². The fraction of sp³-hybridized carbons (Fsp3) is 0.750. The number of likely N-dealkylation sites (N-methyl/N-ethyl adjacent to an activating group) is 1. The van der Waals surface area contributed by atoms with Crippen molar-refractivity contribution >= 4 is 17.7 Å². The van der Waals surface area contributed by atoms with Gasteiger partial charge in [-0.3, -0.25) is 14.4 Å². The number of aliphatic hydroxyl groups is 1. The Labute approximate surface area is 215 Å². The number of hydrogen-bond acceptors (Lipinski definition) is 5. The average molecular weight is 502 g/mol. The molecule has 4 heterocycles. The van der Waals surface area contributed by atoms with Crippen LogP contribution in [0.1, 0.15) is 65.2 Å². The van der Waals surface area contributed by atoms with Crippen LogP contribution in [0.25, 0.3) is 0 Å². The zero-order valence-corrected chi connectivity index (χ0v) is 22.2. The molecule has 0 saturated carbocycles. The first-order chi connectivity index (χ1) is 17.4. The maximum absolute atomic E-state index is 14.2. The van der Waals surface area contributed by atoms with E-state index in [2.05, 4.69) is 6.92 Å². The molecule has 0 aliphatic carbocycles. The van der Waals surface area contributed by atoms with Gasteiger partial charge in [-0.25, -0.2) is 0 Å². The number of nitrogens with zero attached hydrogens (tertiary/aromatic N) is 3. The minimum atomic E-state index is -1.16. The number of hydrogen-bond donors (Lipinski definition) is 1. The second-order valence-electron chi connectivity index (χ2n) is 10.8. The number of ether oxygens (including phenoxy) is 1. The van der Waals surface area contributed by atoms with Crippen molar-refractivity contribution in [2.24, 2.45) is 11.8 Å². The lowest BCUT2D eigenvalue weighted by atomic mass is 9.73. The topological polar surface area (TPSA) is 90.4 Å². The van der Waals surface area contributed by atoms with Gasteiger partial charge < -0.3 is 24.5 Å². The van der Waals surface area contributed by atoms with Crippen LogP contribution in [0.5, 0.6) is 0 Å². The summed E-state index contributed by atoms with van der Waals surface area (Å²) in [6.45, 7) is 6.35. The van der Waals surface area contributed by atoms with Crippen molar-refractivity contribution in [3.8, 4) is 0 Å². The lowest BCUT2D eigenvalue weighted by Gasteiger charge is -2.38. The van der Waals surface area contributed by atoms with Gasteiger partial charge in [-0.1, -0.05) is 63.8 Å². The zero-order chi connectivity index (χ0) is 25.9. The summed E-state index contributed by atoms with van der Waals surface area (Å²) in [7, 11) is 1.77. The molecule has 1 unspecified atom stereocenters. The Bertz CT molecular complexity index is 904. The van der Waals surface area contributed by atoms with Crippen molar-refractivity contribution in [1.82, 2.24) is 14.7 Å². The molecule has 8 nitrogen and oxygen atoms in total. The minimum Gasteiger partial charge on any atom is -0.396 e. The smallest absolute Gasteiger partial charge is 0.249 e. The SMILES string of the molecule is CCCCCN1CC=C[C@]23O[C@@]4(CC)C=CCN(C)C(=O)[C@H]4[C@H]2C(=O)N(CCCCCCO)C3C1=O. The maximum Gasteiger partial charge on any atom is 0.249 e. The van der Waals surface area contributed by atoms with E-state index in [1.165, 1.54) is 0 Å². The molecule has 36 heavy (non-hydrogen) atoms. The normalized spacial score (nSPS) is 33.6. The molecule has 8 heteroatoms. The molecule has 5 atom stereocenters. The van der Waals surface area contributed by atoms with E-state index in [9.17, 15) is 14.4 Å². The van der Waals surface area contributed by atoms with Crippen LogP contribution < -0.4 is 0 Å². The maximum atomic E-state index is 14.2. The summed E-state index contributed by atoms with van der Waals surface area (Å²) in [4.78, 5) is 47.2. The molecular formula is C28H43N3O5. The first-order valence-electron chi connectivity index (χ1n) is 13.9. The summed E-state index contributed by atoms with van der Waals surface area (Å²) in [5.41, 5.74) is -2.06. The molecule has 4 aliphatic heterocycles. The predicted octanol–water partition coefficient (Wildman–Crippen LogP) is 2.52. The molecule has 2 saturated heterocycles. The Hall–Kier alpha value is -2.19. The van der Waals surface area contributed by atoms with Crippen molar-refractivity contribution in [3.05, 3.63) is 24.3 Å². The van der Waals surface area contributed by atoms with Gasteiger partial charge in [0.25, 0.3) is 0 Å². The number of carbonyl (C=O) groups is 3. The van der Waals surface area contributed by atoms with Crippen LogP contribution in [-0.2, 0) is 19.1 Å². The highest BCUT2D eigenvalue weighted by molar-refractivity contribution is 6.00. The third-order valence-electron chi connectivity index (χ3n) is 8.56. The van der Waals surface area contributed by atoms with Gasteiger partial charge in [0.05, 0.1) is 17.4 Å². The molecule has 4 rings (SSSR count). The first-order valence-corrected chi connectivity index (χ1v) is 13.9. The van der Waals surface area contributed by atoms with Crippen LogP contribution in [0.3, 0.4) is 0 Å². The highest BCUT2D eigenvalue weighted by atomic mass is 16.5. The Morgan fingerprint density at radius 3 is 2.33 bits per heavy atom. The Morgan fingerprint density at radius 1 is 0.889 bits per heavy atom. The Balaban J connectivity index is 1.73. The number of carbonyl (C=O) groups excluding carboxylic acids is 3. The quantitative estimate of drug-likeness (QED) is 0.347. The van der Waals surface area contributed by atoms with E-state index in [1.807, 2.05) is 36.1 Å². The molecule has 1 N–H and O–H groups in total. The third-order valence-corrected chi connectivity index (χ3v) is 8.56. The standard InChI is InChI=1S/C28H43N3O5/c1-4-6-9-17-30-18-13-15-28-22(21-24(33)29(3)16-12-14-27(21,5-2)36-28)25(34)31(23(28)26(30)35)19-10-7-8-11-20-32/h12-15,21-23,32H,4-11,16-20H2,1-3H3/t21-,22+,23?,27+,28+/m1/s1. The monoisotopic (exact) mass is 501 g/mol. The average Bonchev–Trinajstić information content (AvgIpc) is 3.16. The van der Waals surface area contributed by atoms with Crippen molar-refractivity contribution in [2.75, 3.05) is 39.8 Å². The van der Waals surface area contributed by atoms with Crippen molar-refractivity contribution in [1.29, 1.82) is 0 Å². The number of amides is 3. The lowest BCUT2D eigenvalue weighted by molar-refractivity contribution is -0.154. The fourth-order valence-electron chi connectivity index (χ4n) is 6.67. The van der Waals surface area contributed by atoms with Gasteiger partial charge >= 0.3 is 0 Å². The van der Waals surface area contributed by atoms with Gasteiger partial charge in [-0.15, -0.1) is 0 Å². The van der Waals surface area contributed by atoms with Gasteiger partial charge in [0.1, 0.15) is 11.6 Å². The van der Waals surface area contributed by atoms with Crippen molar-refractivity contribution in [2.45, 2.75) is 82.5 Å². The van der Waals surface area contributed by atoms with Crippen LogP contribution in [-0.4, -0.2) is 94.6 Å². The summed E-state index contributed by atoms with van der Waals surface area (Å²) < 4.78 is 6.92. The van der Waals surface area contributed by atoms with E-state index in [4.69, 9.17) is 9.84 Å². The summed E-state index contributed by atoms with van der Waals surface area (Å²) in [5.74, 6) is -1.70. The number of aliphatic hydroxyl groups excluding tert-OH is 1. The van der Waals surface area contributed by atoms with E-state index >= 15 is 0 Å². The highest BCUT2D eigenvalue weighted by Gasteiger charge is 2.75. The largest absolute Gasteiger partial charge is 0.396 e. The molecule has 0 aromatic rings. The van der Waals surface area contributed by atoms with Gasteiger partial charge in [0, 0.05) is 39.8 Å². The second-order valence-corrected chi connectivity index (χ2v) is 10.8. The molecule has 0 aromatic heterocycles. The van der Waals surface area contributed by atoms with Crippen molar-refractivity contribution < 1.29 is 24.2 Å². The van der Waals surface area contributed by atoms with Crippen LogP contribution >= 0.6 is 0 Å². The van der Waals surface area contributed by atoms with E-state index in [1.54, 1.807) is 16.8 Å². The van der Waals surface area contributed by atoms with Crippen LogP contribution in [0.15, 0.2) is 24.3 Å². The Kier molecular flexibility index (Phi) is 8.25. The highest BCUT2D eigenvalue weighted by Crippen LogP contribution is 2.58. The number of likely N-dealkylation sites (tertiary alicyclic amines) is 1. The number of fused-ring (bicyclic) bond motifs is 2. The van der Waals surface area contributed by atoms with Gasteiger partial charge in [-0.2, -0.15) is 0 Å². The molecule has 200 valence electrons. The fourth-order valence-corrected chi connectivity index (χ4v) is 6.67. The van der Waals surface area contributed by atoms with Gasteiger partial charge in [0.2, 0.25) is 17.7 Å². The van der Waals surface area contributed by atoms with Gasteiger partial charge in [-0.05, 0) is 25.7 Å². The summed E-state index contributed by atoms with van der Waals surface area (Å²) >= 11 is 0. The molecular weight excluding hydrogens is 458 g/mol. The van der Waals surface area contributed by atoms with Crippen LogP contribution in [0.2, 0.25) is 0 Å².